The first kappa shape index (κ1) is 16.3. The number of aromatic amines is 2. The summed E-state index contributed by atoms with van der Waals surface area (Å²) in [6.07, 6.45) is 2.93. The lowest BCUT2D eigenvalue weighted by molar-refractivity contribution is 0.194. The van der Waals surface area contributed by atoms with E-state index in [1.54, 1.807) is 0 Å². The summed E-state index contributed by atoms with van der Waals surface area (Å²) in [5.74, 6) is 1.00. The van der Waals surface area contributed by atoms with E-state index in [4.69, 9.17) is 4.98 Å². The lowest BCUT2D eigenvalue weighted by atomic mass is 9.94. The van der Waals surface area contributed by atoms with E-state index in [1.165, 1.54) is 22.2 Å². The second-order valence-corrected chi connectivity index (χ2v) is 7.40. The second kappa shape index (κ2) is 6.35. The van der Waals surface area contributed by atoms with E-state index in [1.807, 2.05) is 13.1 Å². The molecule has 4 heterocycles. The molecule has 1 atom stereocenters. The largest absolute Gasteiger partial charge is 0.357 e. The molecule has 1 aliphatic heterocycles. The number of aromatic nitrogens is 4. The van der Waals surface area contributed by atoms with Crippen LogP contribution in [0.5, 0.6) is 0 Å². The fraction of sp³-hybridized carbons (Fsp3) is 0.273. The monoisotopic (exact) mass is 357 g/mol. The van der Waals surface area contributed by atoms with Crippen LogP contribution in [0.15, 0.2) is 48.7 Å². The number of H-pyrrole nitrogens is 2. The fourth-order valence-electron chi connectivity index (χ4n) is 4.25. The number of para-hydroxylation sites is 1. The van der Waals surface area contributed by atoms with Crippen molar-refractivity contribution in [3.63, 3.8) is 0 Å². The SMILES string of the molecule is Cc1cccc(C2c3[nH]c4ccccc4c3CCN2Cc2ncc(C)[nH]2)n1. The lowest BCUT2D eigenvalue weighted by Crippen LogP contribution is -2.36. The summed E-state index contributed by atoms with van der Waals surface area (Å²) in [6.45, 7) is 5.86. The van der Waals surface area contributed by atoms with Crippen molar-refractivity contribution in [1.82, 2.24) is 24.8 Å². The first-order chi connectivity index (χ1) is 13.2. The highest BCUT2D eigenvalue weighted by Crippen LogP contribution is 2.38. The Morgan fingerprint density at radius 1 is 1.07 bits per heavy atom. The minimum absolute atomic E-state index is 0.103. The molecular formula is C22H23N5. The maximum absolute atomic E-state index is 4.87. The summed E-state index contributed by atoms with van der Waals surface area (Å²) >= 11 is 0. The molecule has 0 aliphatic carbocycles. The number of imidazole rings is 1. The first-order valence-corrected chi connectivity index (χ1v) is 9.46. The maximum Gasteiger partial charge on any atom is 0.120 e. The van der Waals surface area contributed by atoms with Gasteiger partial charge in [0, 0.05) is 40.7 Å². The van der Waals surface area contributed by atoms with Crippen molar-refractivity contribution >= 4 is 10.9 Å². The summed E-state index contributed by atoms with van der Waals surface area (Å²) in [7, 11) is 0. The number of pyridine rings is 1. The van der Waals surface area contributed by atoms with Gasteiger partial charge in [-0.25, -0.2) is 4.98 Å². The van der Waals surface area contributed by atoms with Crippen LogP contribution in [0.4, 0.5) is 0 Å². The predicted octanol–water partition coefficient (Wildman–Crippen LogP) is 4.05. The van der Waals surface area contributed by atoms with Gasteiger partial charge in [-0.05, 0) is 44.0 Å². The Balaban J connectivity index is 1.63. The summed E-state index contributed by atoms with van der Waals surface area (Å²) in [6, 6.07) is 15.0. The Kier molecular flexibility index (Phi) is 3.83. The number of hydrogen-bond acceptors (Lipinski definition) is 3. The molecule has 0 saturated heterocycles. The van der Waals surface area contributed by atoms with Crippen LogP contribution in [-0.2, 0) is 13.0 Å². The van der Waals surface area contributed by atoms with E-state index in [9.17, 15) is 0 Å². The number of aryl methyl sites for hydroxylation is 2. The van der Waals surface area contributed by atoms with Gasteiger partial charge < -0.3 is 9.97 Å². The average Bonchev–Trinajstić information content (AvgIpc) is 3.24. The van der Waals surface area contributed by atoms with E-state index in [0.29, 0.717) is 0 Å². The summed E-state index contributed by atoms with van der Waals surface area (Å²) in [5.41, 5.74) is 7.12. The number of fused-ring (bicyclic) bond motifs is 3. The zero-order valence-corrected chi connectivity index (χ0v) is 15.7. The molecule has 0 bridgehead atoms. The highest BCUT2D eigenvalue weighted by Gasteiger charge is 2.33. The van der Waals surface area contributed by atoms with Gasteiger partial charge in [0.2, 0.25) is 0 Å². The molecule has 0 fully saturated rings. The van der Waals surface area contributed by atoms with Gasteiger partial charge in [-0.2, -0.15) is 0 Å². The second-order valence-electron chi connectivity index (χ2n) is 7.40. The topological polar surface area (TPSA) is 60.6 Å². The van der Waals surface area contributed by atoms with Crippen molar-refractivity contribution in [2.75, 3.05) is 6.54 Å². The number of benzene rings is 1. The fourth-order valence-corrected chi connectivity index (χ4v) is 4.25. The van der Waals surface area contributed by atoms with Crippen LogP contribution in [-0.4, -0.2) is 31.4 Å². The normalized spacial score (nSPS) is 17.3. The van der Waals surface area contributed by atoms with Gasteiger partial charge in [0.25, 0.3) is 0 Å². The molecule has 5 nitrogen and oxygen atoms in total. The molecule has 0 saturated carbocycles. The minimum atomic E-state index is 0.103. The van der Waals surface area contributed by atoms with Crippen LogP contribution in [0.2, 0.25) is 0 Å². The van der Waals surface area contributed by atoms with Crippen LogP contribution >= 0.6 is 0 Å². The molecule has 5 rings (SSSR count). The molecule has 4 aromatic rings. The summed E-state index contributed by atoms with van der Waals surface area (Å²) < 4.78 is 0. The zero-order valence-electron chi connectivity index (χ0n) is 15.7. The van der Waals surface area contributed by atoms with Crippen molar-refractivity contribution in [2.45, 2.75) is 32.9 Å². The van der Waals surface area contributed by atoms with Gasteiger partial charge in [0.1, 0.15) is 5.82 Å². The molecule has 3 aromatic heterocycles. The molecule has 0 radical (unpaired) electrons. The molecule has 1 aromatic carbocycles. The van der Waals surface area contributed by atoms with Gasteiger partial charge in [-0.15, -0.1) is 0 Å². The van der Waals surface area contributed by atoms with E-state index in [-0.39, 0.29) is 6.04 Å². The van der Waals surface area contributed by atoms with Crippen LogP contribution < -0.4 is 0 Å². The molecule has 5 heteroatoms. The van der Waals surface area contributed by atoms with Crippen molar-refractivity contribution in [1.29, 1.82) is 0 Å². The standard InChI is InChI=1S/C22H23N5/c1-14-6-5-9-19(24-14)22-21-17(16-7-3-4-8-18(16)26-21)10-11-27(22)13-20-23-12-15(2)25-20/h3-9,12,22,26H,10-11,13H2,1-2H3,(H,23,25). The van der Waals surface area contributed by atoms with E-state index in [0.717, 1.165) is 42.4 Å². The van der Waals surface area contributed by atoms with Gasteiger partial charge in [-0.3, -0.25) is 9.88 Å². The third kappa shape index (κ3) is 2.84. The van der Waals surface area contributed by atoms with E-state index < -0.39 is 0 Å². The quantitative estimate of drug-likeness (QED) is 0.581. The lowest BCUT2D eigenvalue weighted by Gasteiger charge is -2.35. The highest BCUT2D eigenvalue weighted by atomic mass is 15.2. The van der Waals surface area contributed by atoms with Crippen LogP contribution in [0, 0.1) is 13.8 Å². The molecule has 1 unspecified atom stereocenters. The van der Waals surface area contributed by atoms with Crippen molar-refractivity contribution < 1.29 is 0 Å². The number of nitrogens with zero attached hydrogens (tertiary/aromatic N) is 3. The third-order valence-corrected chi connectivity index (χ3v) is 5.43. The molecule has 136 valence electrons. The Morgan fingerprint density at radius 3 is 2.78 bits per heavy atom. The maximum atomic E-state index is 4.87. The van der Waals surface area contributed by atoms with Gasteiger partial charge >= 0.3 is 0 Å². The molecule has 27 heavy (non-hydrogen) atoms. The molecule has 0 amide bonds. The van der Waals surface area contributed by atoms with Crippen LogP contribution in [0.1, 0.15) is 40.2 Å². The molecular weight excluding hydrogens is 334 g/mol. The molecule has 2 N–H and O–H groups in total. The molecule has 0 spiro atoms. The van der Waals surface area contributed by atoms with Crippen LogP contribution in [0.3, 0.4) is 0 Å². The van der Waals surface area contributed by atoms with Gasteiger partial charge in [-0.1, -0.05) is 24.3 Å². The Hall–Kier alpha value is -2.92. The summed E-state index contributed by atoms with van der Waals surface area (Å²) in [5, 5.41) is 1.33. The minimum Gasteiger partial charge on any atom is -0.357 e. The Morgan fingerprint density at radius 2 is 1.96 bits per heavy atom. The van der Waals surface area contributed by atoms with Crippen molar-refractivity contribution in [3.05, 3.63) is 82.8 Å². The zero-order chi connectivity index (χ0) is 18.4. The summed E-state index contributed by atoms with van der Waals surface area (Å²) in [4.78, 5) is 18.9. The third-order valence-electron chi connectivity index (χ3n) is 5.43. The Labute approximate surface area is 158 Å². The molecule has 1 aliphatic rings. The van der Waals surface area contributed by atoms with Gasteiger partial charge in [0.15, 0.2) is 0 Å². The number of rotatable bonds is 3. The smallest absolute Gasteiger partial charge is 0.120 e. The predicted molar refractivity (Wildman–Crippen MR) is 107 cm³/mol. The number of nitrogens with one attached hydrogen (secondary N) is 2. The van der Waals surface area contributed by atoms with E-state index in [2.05, 4.69) is 69.2 Å². The average molecular weight is 357 g/mol. The van der Waals surface area contributed by atoms with E-state index >= 15 is 0 Å². The van der Waals surface area contributed by atoms with Crippen LogP contribution in [0.25, 0.3) is 10.9 Å². The van der Waals surface area contributed by atoms with Crippen molar-refractivity contribution in [3.8, 4) is 0 Å². The van der Waals surface area contributed by atoms with Crippen molar-refractivity contribution in [2.24, 2.45) is 0 Å². The Bertz CT molecular complexity index is 1110. The first-order valence-electron chi connectivity index (χ1n) is 9.46. The highest BCUT2D eigenvalue weighted by molar-refractivity contribution is 5.85. The number of hydrogen-bond donors (Lipinski definition) is 2. The van der Waals surface area contributed by atoms with Gasteiger partial charge in [0.05, 0.1) is 18.3 Å².